The molecule has 1 unspecified atom stereocenters. The molecule has 1 amide bonds. The molecule has 0 bridgehead atoms. The minimum atomic E-state index is -0.190. The molecule has 3 rings (SSSR count). The van der Waals surface area contributed by atoms with Gasteiger partial charge in [0.05, 0.1) is 16.0 Å². The van der Waals surface area contributed by atoms with Gasteiger partial charge in [-0.15, -0.1) is 11.8 Å². The van der Waals surface area contributed by atoms with Crippen LogP contribution in [0.1, 0.15) is 12.8 Å². The lowest BCUT2D eigenvalue weighted by Gasteiger charge is -2.33. The predicted octanol–water partition coefficient (Wildman–Crippen LogP) is 1.68. The predicted molar refractivity (Wildman–Crippen MR) is 83.5 cm³/mol. The van der Waals surface area contributed by atoms with Gasteiger partial charge in [0.25, 0.3) is 5.91 Å². The summed E-state index contributed by atoms with van der Waals surface area (Å²) in [4.78, 5) is 16.7. The molecular weight excluding hydrogens is 270 g/mol. The normalized spacial score (nSPS) is 26.4. The van der Waals surface area contributed by atoms with Gasteiger partial charge in [-0.1, -0.05) is 12.2 Å². The van der Waals surface area contributed by atoms with Crippen molar-refractivity contribution in [1.29, 1.82) is 0 Å². The zero-order valence-corrected chi connectivity index (χ0v) is 12.0. The van der Waals surface area contributed by atoms with Crippen molar-refractivity contribution < 1.29 is 4.79 Å². The van der Waals surface area contributed by atoms with E-state index in [4.69, 9.17) is 5.73 Å². The van der Waals surface area contributed by atoms with E-state index in [2.05, 4.69) is 16.4 Å². The zero-order chi connectivity index (χ0) is 14.0. The molecule has 3 N–H and O–H groups in total. The van der Waals surface area contributed by atoms with Crippen molar-refractivity contribution in [3.63, 3.8) is 0 Å². The van der Waals surface area contributed by atoms with Crippen molar-refractivity contribution in [2.24, 2.45) is 10.7 Å². The van der Waals surface area contributed by atoms with Crippen LogP contribution in [0, 0.1) is 0 Å². The monoisotopic (exact) mass is 287 g/mol. The lowest BCUT2D eigenvalue weighted by molar-refractivity contribution is -0.117. The summed E-state index contributed by atoms with van der Waals surface area (Å²) in [5.74, 6) is -0.0155. The number of thioether (sulfide) groups is 1. The van der Waals surface area contributed by atoms with Gasteiger partial charge in [-0.2, -0.15) is 0 Å². The zero-order valence-electron chi connectivity index (χ0n) is 11.1. The number of carbonyl (C=O) groups excluding carboxylic acids is 1. The van der Waals surface area contributed by atoms with E-state index in [0.29, 0.717) is 13.1 Å². The summed E-state index contributed by atoms with van der Waals surface area (Å²) in [5, 5.41) is 4.89. The lowest BCUT2D eigenvalue weighted by Crippen LogP contribution is -2.34. The molecule has 1 spiro atoms. The van der Waals surface area contributed by atoms with Crippen molar-refractivity contribution in [2.75, 3.05) is 13.1 Å². The minimum Gasteiger partial charge on any atom is -0.352 e. The number of dihydropyridines is 1. The number of hydrogen-bond donors (Lipinski definition) is 2. The SMILES string of the molecule is NCCCNC(=O)C1=CSC23CC=CC=C2N=CC=C13. The third-order valence-electron chi connectivity index (χ3n) is 3.68. The highest BCUT2D eigenvalue weighted by Gasteiger charge is 2.46. The van der Waals surface area contributed by atoms with E-state index in [0.717, 1.165) is 29.7 Å². The summed E-state index contributed by atoms with van der Waals surface area (Å²) in [7, 11) is 0. The van der Waals surface area contributed by atoms with Gasteiger partial charge < -0.3 is 11.1 Å². The van der Waals surface area contributed by atoms with Crippen LogP contribution in [-0.2, 0) is 4.79 Å². The fraction of sp³-hybridized carbons (Fsp3) is 0.333. The molecule has 3 aliphatic rings. The van der Waals surface area contributed by atoms with Crippen LogP contribution in [0.25, 0.3) is 0 Å². The fourth-order valence-corrected chi connectivity index (χ4v) is 3.92. The van der Waals surface area contributed by atoms with Gasteiger partial charge in [0.15, 0.2) is 0 Å². The maximum atomic E-state index is 12.3. The number of aliphatic imine (C=N–C) groups is 1. The summed E-state index contributed by atoms with van der Waals surface area (Å²) in [6, 6.07) is 0. The highest BCUT2D eigenvalue weighted by Crippen LogP contribution is 2.54. The van der Waals surface area contributed by atoms with Gasteiger partial charge in [0.2, 0.25) is 0 Å². The van der Waals surface area contributed by atoms with Crippen molar-refractivity contribution in [2.45, 2.75) is 17.6 Å². The molecule has 1 aliphatic carbocycles. The first-order valence-corrected chi connectivity index (χ1v) is 7.65. The molecular formula is C15H17N3OS. The Labute approximate surface area is 122 Å². The first kappa shape index (κ1) is 13.4. The summed E-state index contributed by atoms with van der Waals surface area (Å²) in [5.41, 5.74) is 8.31. The van der Waals surface area contributed by atoms with Crippen LogP contribution in [0.3, 0.4) is 0 Å². The van der Waals surface area contributed by atoms with E-state index in [-0.39, 0.29) is 10.7 Å². The van der Waals surface area contributed by atoms with Crippen molar-refractivity contribution >= 4 is 23.9 Å². The number of allylic oxidation sites excluding steroid dienone is 4. The molecule has 20 heavy (non-hydrogen) atoms. The van der Waals surface area contributed by atoms with E-state index >= 15 is 0 Å². The van der Waals surface area contributed by atoms with E-state index in [1.807, 2.05) is 23.6 Å². The number of rotatable bonds is 4. The Morgan fingerprint density at radius 3 is 3.25 bits per heavy atom. The number of nitrogens with two attached hydrogens (primary N) is 1. The number of hydrogen-bond acceptors (Lipinski definition) is 4. The van der Waals surface area contributed by atoms with E-state index < -0.39 is 0 Å². The van der Waals surface area contributed by atoms with Crippen LogP contribution < -0.4 is 11.1 Å². The topological polar surface area (TPSA) is 67.5 Å². The molecule has 0 aromatic heterocycles. The Kier molecular flexibility index (Phi) is 3.63. The van der Waals surface area contributed by atoms with E-state index in [1.54, 1.807) is 18.0 Å². The van der Waals surface area contributed by atoms with E-state index in [9.17, 15) is 4.79 Å². The molecule has 2 heterocycles. The Morgan fingerprint density at radius 1 is 1.50 bits per heavy atom. The number of carbonyl (C=O) groups is 1. The molecule has 0 aromatic rings. The van der Waals surface area contributed by atoms with Crippen molar-refractivity contribution in [3.05, 3.63) is 46.6 Å². The number of amides is 1. The molecule has 0 saturated heterocycles. The average Bonchev–Trinajstić information content (AvgIpc) is 2.85. The Balaban J connectivity index is 1.82. The second-order valence-electron chi connectivity index (χ2n) is 4.92. The Bertz CT molecular complexity index is 586. The molecule has 0 fully saturated rings. The van der Waals surface area contributed by atoms with Crippen LogP contribution in [0.2, 0.25) is 0 Å². The molecule has 0 radical (unpaired) electrons. The molecule has 5 heteroatoms. The fourth-order valence-electron chi connectivity index (χ4n) is 2.63. The minimum absolute atomic E-state index is 0.0155. The maximum Gasteiger partial charge on any atom is 0.252 e. The molecule has 4 nitrogen and oxygen atoms in total. The van der Waals surface area contributed by atoms with Crippen LogP contribution in [0.4, 0.5) is 0 Å². The summed E-state index contributed by atoms with van der Waals surface area (Å²) in [6.45, 7) is 1.21. The second kappa shape index (κ2) is 5.42. The van der Waals surface area contributed by atoms with Crippen LogP contribution >= 0.6 is 11.8 Å². The molecule has 104 valence electrons. The first-order chi connectivity index (χ1) is 9.78. The summed E-state index contributed by atoms with van der Waals surface area (Å²) in [6.07, 6.45) is 11.6. The largest absolute Gasteiger partial charge is 0.352 e. The van der Waals surface area contributed by atoms with Crippen molar-refractivity contribution in [3.8, 4) is 0 Å². The quantitative estimate of drug-likeness (QED) is 0.773. The molecule has 2 aliphatic heterocycles. The number of nitrogens with zero attached hydrogens (tertiary/aromatic N) is 1. The van der Waals surface area contributed by atoms with Crippen LogP contribution in [0.15, 0.2) is 51.5 Å². The van der Waals surface area contributed by atoms with Gasteiger partial charge in [0.1, 0.15) is 0 Å². The smallest absolute Gasteiger partial charge is 0.252 e. The Hall–Kier alpha value is -1.59. The molecule has 1 atom stereocenters. The average molecular weight is 287 g/mol. The number of nitrogens with one attached hydrogen (secondary N) is 1. The second-order valence-corrected chi connectivity index (χ2v) is 6.09. The highest BCUT2D eigenvalue weighted by atomic mass is 32.2. The third kappa shape index (κ3) is 2.07. The lowest BCUT2D eigenvalue weighted by atomic mass is 9.83. The maximum absolute atomic E-state index is 12.3. The van der Waals surface area contributed by atoms with E-state index in [1.165, 1.54) is 0 Å². The standard InChI is InChI=1S/C15H17N3OS/c16-7-3-8-18-14(19)11-10-20-15-6-2-1-4-13(15)17-9-5-12(11)15/h1-2,4-5,9-10H,3,6-8,16H2,(H,18,19). The molecule has 0 saturated carbocycles. The van der Waals surface area contributed by atoms with Crippen LogP contribution in [0.5, 0.6) is 0 Å². The first-order valence-electron chi connectivity index (χ1n) is 6.77. The highest BCUT2D eigenvalue weighted by molar-refractivity contribution is 8.04. The van der Waals surface area contributed by atoms with Gasteiger partial charge in [-0.3, -0.25) is 9.79 Å². The Morgan fingerprint density at radius 2 is 2.40 bits per heavy atom. The van der Waals surface area contributed by atoms with Gasteiger partial charge in [-0.05, 0) is 42.5 Å². The van der Waals surface area contributed by atoms with Crippen LogP contribution in [-0.4, -0.2) is 30.0 Å². The summed E-state index contributed by atoms with van der Waals surface area (Å²) >= 11 is 1.68. The third-order valence-corrected chi connectivity index (χ3v) is 5.03. The van der Waals surface area contributed by atoms with Gasteiger partial charge in [0, 0.05) is 12.8 Å². The van der Waals surface area contributed by atoms with Gasteiger partial charge >= 0.3 is 0 Å². The van der Waals surface area contributed by atoms with Crippen molar-refractivity contribution in [1.82, 2.24) is 5.32 Å². The van der Waals surface area contributed by atoms with Gasteiger partial charge in [-0.25, -0.2) is 0 Å². The molecule has 0 aromatic carbocycles. The summed E-state index contributed by atoms with van der Waals surface area (Å²) < 4.78 is -0.190.